The van der Waals surface area contributed by atoms with Gasteiger partial charge in [0.2, 0.25) is 6.29 Å². The molecule has 0 fully saturated rings. The third kappa shape index (κ3) is 1.81. The first-order valence-corrected chi connectivity index (χ1v) is 5.68. The van der Waals surface area contributed by atoms with Crippen molar-refractivity contribution in [3.05, 3.63) is 11.3 Å². The Morgan fingerprint density at radius 1 is 1.40 bits per heavy atom. The molecule has 0 spiro atoms. The van der Waals surface area contributed by atoms with Crippen molar-refractivity contribution >= 4 is 5.78 Å². The topological polar surface area (TPSA) is 35.5 Å². The minimum Gasteiger partial charge on any atom is -0.468 e. The first kappa shape index (κ1) is 10.7. The Morgan fingerprint density at radius 3 is 2.80 bits per heavy atom. The fourth-order valence-electron chi connectivity index (χ4n) is 2.42. The van der Waals surface area contributed by atoms with Gasteiger partial charge in [-0.15, -0.1) is 0 Å². The monoisotopic (exact) mass is 210 g/mol. The van der Waals surface area contributed by atoms with Gasteiger partial charge in [0.15, 0.2) is 5.78 Å². The van der Waals surface area contributed by atoms with Crippen molar-refractivity contribution in [2.24, 2.45) is 11.8 Å². The molecule has 1 heterocycles. The summed E-state index contributed by atoms with van der Waals surface area (Å²) >= 11 is 0. The van der Waals surface area contributed by atoms with Crippen LogP contribution in [0.2, 0.25) is 0 Å². The summed E-state index contributed by atoms with van der Waals surface area (Å²) in [4.78, 5) is 11.9. The van der Waals surface area contributed by atoms with Crippen LogP contribution in [-0.4, -0.2) is 18.7 Å². The maximum absolute atomic E-state index is 11.9. The number of hydrogen-bond donors (Lipinski definition) is 0. The van der Waals surface area contributed by atoms with Crippen LogP contribution in [0, 0.1) is 11.8 Å². The van der Waals surface area contributed by atoms with Gasteiger partial charge in [-0.1, -0.05) is 13.8 Å². The number of allylic oxidation sites excluding steroid dienone is 1. The fraction of sp³-hybridized carbons (Fsp3) is 0.750. The van der Waals surface area contributed by atoms with E-state index in [1.165, 1.54) is 0 Å². The van der Waals surface area contributed by atoms with Gasteiger partial charge in [-0.2, -0.15) is 0 Å². The minimum absolute atomic E-state index is 0.0972. The van der Waals surface area contributed by atoms with Crippen LogP contribution in [0.1, 0.15) is 33.6 Å². The summed E-state index contributed by atoms with van der Waals surface area (Å²) in [6.07, 6.45) is 1.30. The number of Topliss-reactive ketones (excluding diaryl/α,β-unsaturated/α-hetero) is 1. The quantitative estimate of drug-likeness (QED) is 0.701. The highest BCUT2D eigenvalue weighted by molar-refractivity contribution is 5.97. The molecule has 2 aliphatic rings. The lowest BCUT2D eigenvalue weighted by atomic mass is 9.84. The first-order valence-electron chi connectivity index (χ1n) is 5.68. The molecule has 1 aliphatic heterocycles. The zero-order chi connectivity index (χ0) is 11.0. The molecule has 15 heavy (non-hydrogen) atoms. The second kappa shape index (κ2) is 3.97. The molecular formula is C12H18O3. The van der Waals surface area contributed by atoms with E-state index in [9.17, 15) is 4.79 Å². The molecule has 0 radical (unpaired) electrons. The van der Waals surface area contributed by atoms with Gasteiger partial charge in [-0.3, -0.25) is 4.79 Å². The molecular weight excluding hydrogens is 192 g/mol. The van der Waals surface area contributed by atoms with Gasteiger partial charge in [0.1, 0.15) is 5.76 Å². The Morgan fingerprint density at radius 2 is 2.13 bits per heavy atom. The van der Waals surface area contributed by atoms with Crippen molar-refractivity contribution in [3.63, 3.8) is 0 Å². The van der Waals surface area contributed by atoms with Crippen LogP contribution >= 0.6 is 0 Å². The van der Waals surface area contributed by atoms with E-state index in [-0.39, 0.29) is 18.0 Å². The summed E-state index contributed by atoms with van der Waals surface area (Å²) in [6, 6.07) is 0. The van der Waals surface area contributed by atoms with Gasteiger partial charge in [-0.05, 0) is 12.8 Å². The molecule has 0 aromatic heterocycles. The van der Waals surface area contributed by atoms with E-state index in [4.69, 9.17) is 9.47 Å². The van der Waals surface area contributed by atoms with Gasteiger partial charge in [0.25, 0.3) is 0 Å². The maximum Gasteiger partial charge on any atom is 0.206 e. The molecule has 2 rings (SSSR count). The largest absolute Gasteiger partial charge is 0.468 e. The third-order valence-electron chi connectivity index (χ3n) is 3.12. The molecule has 0 N–H and O–H groups in total. The number of carbonyl (C=O) groups excluding carboxylic acids is 1. The Hall–Kier alpha value is -0.830. The highest BCUT2D eigenvalue weighted by Crippen LogP contribution is 2.40. The Labute approximate surface area is 90.4 Å². The lowest BCUT2D eigenvalue weighted by Crippen LogP contribution is -2.22. The molecule has 0 aromatic carbocycles. The zero-order valence-corrected chi connectivity index (χ0v) is 9.58. The molecule has 3 heteroatoms. The average molecular weight is 210 g/mol. The molecule has 0 amide bonds. The Balaban J connectivity index is 2.18. The van der Waals surface area contributed by atoms with Crippen molar-refractivity contribution in [3.8, 4) is 0 Å². The maximum atomic E-state index is 11.9. The minimum atomic E-state index is -0.241. The lowest BCUT2D eigenvalue weighted by molar-refractivity contribution is -0.121. The molecule has 3 nitrogen and oxygen atoms in total. The highest BCUT2D eigenvalue weighted by Gasteiger charge is 2.40. The van der Waals surface area contributed by atoms with Gasteiger partial charge >= 0.3 is 0 Å². The van der Waals surface area contributed by atoms with Crippen LogP contribution in [0.25, 0.3) is 0 Å². The second-order valence-electron chi connectivity index (χ2n) is 4.50. The van der Waals surface area contributed by atoms with E-state index in [0.29, 0.717) is 18.9 Å². The van der Waals surface area contributed by atoms with E-state index in [2.05, 4.69) is 6.92 Å². The van der Waals surface area contributed by atoms with Crippen molar-refractivity contribution in [1.82, 2.24) is 0 Å². The first-order chi connectivity index (χ1) is 7.13. The summed E-state index contributed by atoms with van der Waals surface area (Å²) in [5.41, 5.74) is 0.881. The zero-order valence-electron chi connectivity index (χ0n) is 9.58. The SMILES string of the molecule is CCO[C@H]1OC2=C(C(=O)CC(C)C2)[C@H]1C. The lowest BCUT2D eigenvalue weighted by Gasteiger charge is -2.18. The third-order valence-corrected chi connectivity index (χ3v) is 3.12. The van der Waals surface area contributed by atoms with Crippen molar-refractivity contribution in [2.75, 3.05) is 6.61 Å². The molecule has 0 saturated heterocycles. The van der Waals surface area contributed by atoms with Crippen LogP contribution in [0.15, 0.2) is 11.3 Å². The Bertz CT molecular complexity index is 306. The fourth-order valence-corrected chi connectivity index (χ4v) is 2.42. The highest BCUT2D eigenvalue weighted by atomic mass is 16.7. The van der Waals surface area contributed by atoms with Crippen LogP contribution < -0.4 is 0 Å². The van der Waals surface area contributed by atoms with Gasteiger partial charge < -0.3 is 9.47 Å². The van der Waals surface area contributed by atoms with Gasteiger partial charge in [0, 0.05) is 25.0 Å². The van der Waals surface area contributed by atoms with Crippen LogP contribution in [0.5, 0.6) is 0 Å². The number of carbonyl (C=O) groups is 1. The van der Waals surface area contributed by atoms with E-state index in [1.54, 1.807) is 0 Å². The predicted octanol–water partition coefficient (Wildman–Crippen LogP) is 2.27. The molecule has 84 valence electrons. The van der Waals surface area contributed by atoms with Gasteiger partial charge in [-0.25, -0.2) is 0 Å². The number of ether oxygens (including phenoxy) is 2. The number of ketones is 1. The summed E-state index contributed by atoms with van der Waals surface area (Å²) in [6.45, 7) is 6.66. The smallest absolute Gasteiger partial charge is 0.206 e. The van der Waals surface area contributed by atoms with Crippen LogP contribution in [0.4, 0.5) is 0 Å². The van der Waals surface area contributed by atoms with Crippen LogP contribution in [-0.2, 0) is 14.3 Å². The standard InChI is InChI=1S/C12H18O3/c1-4-14-12-8(3)11-9(13)5-7(2)6-10(11)15-12/h7-8,12H,4-6H2,1-3H3/t7?,8-,12+/m1/s1. The summed E-state index contributed by atoms with van der Waals surface area (Å²) in [5, 5.41) is 0. The van der Waals surface area contributed by atoms with Crippen molar-refractivity contribution < 1.29 is 14.3 Å². The van der Waals surface area contributed by atoms with Crippen molar-refractivity contribution in [2.45, 2.75) is 39.9 Å². The Kier molecular flexibility index (Phi) is 2.83. The van der Waals surface area contributed by atoms with Crippen LogP contribution in [0.3, 0.4) is 0 Å². The average Bonchev–Trinajstić information content (AvgIpc) is 2.43. The molecule has 0 saturated carbocycles. The van der Waals surface area contributed by atoms with Crippen molar-refractivity contribution in [1.29, 1.82) is 0 Å². The number of rotatable bonds is 2. The second-order valence-corrected chi connectivity index (χ2v) is 4.50. The summed E-state index contributed by atoms with van der Waals surface area (Å²) in [5.74, 6) is 1.63. The van der Waals surface area contributed by atoms with E-state index >= 15 is 0 Å². The predicted molar refractivity (Wildman–Crippen MR) is 56.1 cm³/mol. The molecule has 1 aliphatic carbocycles. The van der Waals surface area contributed by atoms with E-state index in [0.717, 1.165) is 17.8 Å². The molecule has 3 atom stereocenters. The number of hydrogen-bond acceptors (Lipinski definition) is 3. The summed E-state index contributed by atoms with van der Waals surface area (Å²) in [7, 11) is 0. The normalized spacial score (nSPS) is 35.4. The van der Waals surface area contributed by atoms with E-state index < -0.39 is 0 Å². The molecule has 0 bridgehead atoms. The van der Waals surface area contributed by atoms with Gasteiger partial charge in [0.05, 0.1) is 5.92 Å². The van der Waals surface area contributed by atoms with E-state index in [1.807, 2.05) is 13.8 Å². The molecule has 1 unspecified atom stereocenters. The summed E-state index contributed by atoms with van der Waals surface area (Å²) < 4.78 is 11.2. The molecule has 0 aromatic rings.